The second-order valence-electron chi connectivity index (χ2n) is 3.79. The van der Waals surface area contributed by atoms with Crippen LogP contribution in [0.15, 0.2) is 18.5 Å². The van der Waals surface area contributed by atoms with E-state index in [9.17, 15) is 4.39 Å². The molecule has 0 radical (unpaired) electrons. The third kappa shape index (κ3) is 3.14. The highest BCUT2D eigenvalue weighted by Crippen LogP contribution is 2.19. The van der Waals surface area contributed by atoms with E-state index < -0.39 is 5.82 Å². The zero-order valence-electron chi connectivity index (χ0n) is 10.6. The van der Waals surface area contributed by atoms with E-state index in [0.29, 0.717) is 17.3 Å². The van der Waals surface area contributed by atoms with Gasteiger partial charge in [0.25, 0.3) is 0 Å². The summed E-state index contributed by atoms with van der Waals surface area (Å²) in [5.74, 6) is 0.344. The predicted octanol–water partition coefficient (Wildman–Crippen LogP) is 2.57. The van der Waals surface area contributed by atoms with Crippen LogP contribution in [0.2, 0.25) is 5.28 Å². The standard InChI is InChI=1S/C12H13ClFN5/c1-3-19(4-2)12-17-10(16-11(13)18-12)8-5-9(14)7-15-6-8/h5-7H,3-4H2,1-2H3. The van der Waals surface area contributed by atoms with Crippen molar-refractivity contribution in [3.05, 3.63) is 29.6 Å². The highest BCUT2D eigenvalue weighted by atomic mass is 35.5. The van der Waals surface area contributed by atoms with Gasteiger partial charge in [0.1, 0.15) is 5.82 Å². The minimum atomic E-state index is -0.446. The number of rotatable bonds is 4. The molecule has 0 saturated carbocycles. The van der Waals surface area contributed by atoms with Crippen LogP contribution in [0.4, 0.5) is 10.3 Å². The Labute approximate surface area is 115 Å². The Balaban J connectivity index is 2.47. The minimum Gasteiger partial charge on any atom is -0.341 e. The maximum Gasteiger partial charge on any atom is 0.230 e. The van der Waals surface area contributed by atoms with Crippen molar-refractivity contribution in [1.29, 1.82) is 0 Å². The highest BCUT2D eigenvalue weighted by Gasteiger charge is 2.12. The van der Waals surface area contributed by atoms with Gasteiger partial charge in [0.15, 0.2) is 5.82 Å². The van der Waals surface area contributed by atoms with Crippen molar-refractivity contribution in [3.8, 4) is 11.4 Å². The van der Waals surface area contributed by atoms with E-state index in [1.807, 2.05) is 18.7 Å². The molecule has 0 spiro atoms. The monoisotopic (exact) mass is 281 g/mol. The summed E-state index contributed by atoms with van der Waals surface area (Å²) < 4.78 is 13.2. The summed E-state index contributed by atoms with van der Waals surface area (Å²) in [6.45, 7) is 5.48. The average molecular weight is 282 g/mol. The van der Waals surface area contributed by atoms with Gasteiger partial charge in [-0.2, -0.15) is 15.0 Å². The Morgan fingerprint density at radius 2 is 1.89 bits per heavy atom. The lowest BCUT2D eigenvalue weighted by Gasteiger charge is -2.18. The molecule has 2 aromatic rings. The Kier molecular flexibility index (Phi) is 4.21. The van der Waals surface area contributed by atoms with Gasteiger partial charge in [0, 0.05) is 24.8 Å². The van der Waals surface area contributed by atoms with Crippen LogP contribution < -0.4 is 4.90 Å². The molecule has 0 amide bonds. The van der Waals surface area contributed by atoms with Gasteiger partial charge >= 0.3 is 0 Å². The summed E-state index contributed by atoms with van der Waals surface area (Å²) in [6, 6.07) is 1.31. The van der Waals surface area contributed by atoms with Crippen LogP contribution in [-0.2, 0) is 0 Å². The molecular weight excluding hydrogens is 269 g/mol. The number of anilines is 1. The quantitative estimate of drug-likeness (QED) is 0.862. The number of pyridine rings is 1. The first kappa shape index (κ1) is 13.6. The lowest BCUT2D eigenvalue weighted by molar-refractivity contribution is 0.621. The Morgan fingerprint density at radius 3 is 2.53 bits per heavy atom. The first-order chi connectivity index (χ1) is 9.13. The molecule has 0 N–H and O–H groups in total. The summed E-state index contributed by atoms with van der Waals surface area (Å²) in [5.41, 5.74) is 0.470. The zero-order chi connectivity index (χ0) is 13.8. The number of hydrogen-bond acceptors (Lipinski definition) is 5. The molecule has 0 aliphatic rings. The molecule has 2 heterocycles. The first-order valence-electron chi connectivity index (χ1n) is 5.91. The number of halogens is 2. The highest BCUT2D eigenvalue weighted by molar-refractivity contribution is 6.28. The SMILES string of the molecule is CCN(CC)c1nc(Cl)nc(-c2cncc(F)c2)n1. The van der Waals surface area contributed by atoms with Crippen molar-refractivity contribution >= 4 is 17.5 Å². The largest absolute Gasteiger partial charge is 0.341 e. The molecular formula is C12H13ClFN5. The van der Waals surface area contributed by atoms with E-state index in [1.165, 1.54) is 12.3 Å². The fourth-order valence-electron chi connectivity index (χ4n) is 1.65. The van der Waals surface area contributed by atoms with Gasteiger partial charge in [-0.1, -0.05) is 0 Å². The molecule has 2 rings (SSSR count). The Morgan fingerprint density at radius 1 is 1.16 bits per heavy atom. The van der Waals surface area contributed by atoms with Gasteiger partial charge in [0.05, 0.1) is 6.20 Å². The molecule has 100 valence electrons. The van der Waals surface area contributed by atoms with E-state index in [4.69, 9.17) is 11.6 Å². The predicted molar refractivity (Wildman–Crippen MR) is 71.6 cm³/mol. The molecule has 0 aromatic carbocycles. The van der Waals surface area contributed by atoms with E-state index in [0.717, 1.165) is 19.3 Å². The summed E-state index contributed by atoms with van der Waals surface area (Å²) in [4.78, 5) is 18.1. The topological polar surface area (TPSA) is 54.8 Å². The molecule has 0 fully saturated rings. The van der Waals surface area contributed by atoms with Crippen LogP contribution in [0.1, 0.15) is 13.8 Å². The molecule has 5 nitrogen and oxygen atoms in total. The lowest BCUT2D eigenvalue weighted by Crippen LogP contribution is -2.24. The third-order valence-corrected chi connectivity index (χ3v) is 2.77. The molecule has 0 aliphatic carbocycles. The van der Waals surface area contributed by atoms with Crippen molar-refractivity contribution in [1.82, 2.24) is 19.9 Å². The smallest absolute Gasteiger partial charge is 0.230 e. The van der Waals surface area contributed by atoms with Crippen molar-refractivity contribution in [2.24, 2.45) is 0 Å². The molecule has 0 atom stereocenters. The number of hydrogen-bond donors (Lipinski definition) is 0. The molecule has 0 saturated heterocycles. The normalized spacial score (nSPS) is 10.5. The minimum absolute atomic E-state index is 0.0798. The van der Waals surface area contributed by atoms with Crippen molar-refractivity contribution in [3.63, 3.8) is 0 Å². The molecule has 0 unspecified atom stereocenters. The average Bonchev–Trinajstić information content (AvgIpc) is 2.39. The second-order valence-corrected chi connectivity index (χ2v) is 4.13. The molecule has 0 aliphatic heterocycles. The number of nitrogens with zero attached hydrogens (tertiary/aromatic N) is 5. The van der Waals surface area contributed by atoms with Crippen LogP contribution in [-0.4, -0.2) is 33.0 Å². The van der Waals surface area contributed by atoms with Crippen LogP contribution in [0.5, 0.6) is 0 Å². The van der Waals surface area contributed by atoms with Crippen LogP contribution in [0.25, 0.3) is 11.4 Å². The summed E-state index contributed by atoms with van der Waals surface area (Å²) in [5, 5.41) is 0.0798. The van der Waals surface area contributed by atoms with Gasteiger partial charge < -0.3 is 4.90 Å². The maximum absolute atomic E-state index is 13.2. The van der Waals surface area contributed by atoms with Gasteiger partial charge in [-0.3, -0.25) is 4.98 Å². The first-order valence-corrected chi connectivity index (χ1v) is 6.29. The van der Waals surface area contributed by atoms with Gasteiger partial charge in [-0.05, 0) is 31.5 Å². The van der Waals surface area contributed by atoms with E-state index in [2.05, 4.69) is 19.9 Å². The van der Waals surface area contributed by atoms with Gasteiger partial charge in [-0.25, -0.2) is 4.39 Å². The summed E-state index contributed by atoms with van der Waals surface area (Å²) >= 11 is 5.89. The van der Waals surface area contributed by atoms with E-state index in [-0.39, 0.29) is 5.28 Å². The van der Waals surface area contributed by atoms with Crippen LogP contribution in [0, 0.1) is 5.82 Å². The molecule has 2 aromatic heterocycles. The second kappa shape index (κ2) is 5.88. The third-order valence-electron chi connectivity index (χ3n) is 2.61. The van der Waals surface area contributed by atoms with Crippen LogP contribution in [0.3, 0.4) is 0 Å². The van der Waals surface area contributed by atoms with Crippen molar-refractivity contribution in [2.45, 2.75) is 13.8 Å². The van der Waals surface area contributed by atoms with Crippen molar-refractivity contribution in [2.75, 3.05) is 18.0 Å². The van der Waals surface area contributed by atoms with E-state index >= 15 is 0 Å². The van der Waals surface area contributed by atoms with Crippen LogP contribution >= 0.6 is 11.6 Å². The van der Waals surface area contributed by atoms with Gasteiger partial charge in [-0.15, -0.1) is 0 Å². The summed E-state index contributed by atoms with van der Waals surface area (Å²) in [6.07, 6.45) is 2.61. The molecule has 0 bridgehead atoms. The fourth-order valence-corrected chi connectivity index (χ4v) is 1.81. The molecule has 19 heavy (non-hydrogen) atoms. The van der Waals surface area contributed by atoms with Crippen molar-refractivity contribution < 1.29 is 4.39 Å². The van der Waals surface area contributed by atoms with E-state index in [1.54, 1.807) is 0 Å². The summed E-state index contributed by atoms with van der Waals surface area (Å²) in [7, 11) is 0. The fraction of sp³-hybridized carbons (Fsp3) is 0.333. The Hall–Kier alpha value is -1.82. The molecule has 7 heteroatoms. The Bertz CT molecular complexity index is 574. The van der Waals surface area contributed by atoms with Gasteiger partial charge in [0.2, 0.25) is 11.2 Å². The number of aromatic nitrogens is 4. The zero-order valence-corrected chi connectivity index (χ0v) is 11.4. The lowest BCUT2D eigenvalue weighted by atomic mass is 10.2. The maximum atomic E-state index is 13.2.